The Balaban J connectivity index is 1.15. The Morgan fingerprint density at radius 3 is 2.44 bits per heavy atom. The molecule has 5 rings (SSSR count). The van der Waals surface area contributed by atoms with Gasteiger partial charge in [-0.2, -0.15) is 0 Å². The lowest BCUT2D eigenvalue weighted by molar-refractivity contribution is -0.132. The van der Waals surface area contributed by atoms with Crippen molar-refractivity contribution in [3.8, 4) is 0 Å². The maximum Gasteiger partial charge on any atom is 0.232 e. The van der Waals surface area contributed by atoms with Crippen LogP contribution in [0.15, 0.2) is 59.5 Å². The lowest BCUT2D eigenvalue weighted by Gasteiger charge is -2.31. The van der Waals surface area contributed by atoms with Gasteiger partial charge in [-0.1, -0.05) is 24.3 Å². The summed E-state index contributed by atoms with van der Waals surface area (Å²) in [5, 5.41) is 5.48. The summed E-state index contributed by atoms with van der Waals surface area (Å²) < 4.78 is 13.0. The predicted molar refractivity (Wildman–Crippen MR) is 126 cm³/mol. The molecule has 0 spiro atoms. The van der Waals surface area contributed by atoms with Crippen LogP contribution in [0.1, 0.15) is 24.0 Å². The van der Waals surface area contributed by atoms with Crippen molar-refractivity contribution < 1.29 is 14.0 Å². The van der Waals surface area contributed by atoms with Gasteiger partial charge in [0, 0.05) is 29.6 Å². The number of halogens is 1. The molecule has 0 radical (unpaired) electrons. The van der Waals surface area contributed by atoms with Gasteiger partial charge in [0.2, 0.25) is 11.8 Å². The molecule has 164 valence electrons. The van der Waals surface area contributed by atoms with Gasteiger partial charge in [0.25, 0.3) is 0 Å². The fraction of sp³-hybridized carbons (Fsp3) is 0.308. The van der Waals surface area contributed by atoms with Gasteiger partial charge in [0.05, 0.1) is 5.75 Å². The van der Waals surface area contributed by atoms with Crippen LogP contribution in [0.4, 0.5) is 10.1 Å². The van der Waals surface area contributed by atoms with Gasteiger partial charge in [0.1, 0.15) is 5.82 Å². The summed E-state index contributed by atoms with van der Waals surface area (Å²) in [6.07, 6.45) is 3.49. The van der Waals surface area contributed by atoms with E-state index in [9.17, 15) is 14.0 Å². The van der Waals surface area contributed by atoms with Gasteiger partial charge in [-0.25, -0.2) is 4.39 Å². The van der Waals surface area contributed by atoms with Gasteiger partial charge >= 0.3 is 0 Å². The lowest BCUT2D eigenvalue weighted by atomic mass is 9.96. The first-order valence-electron chi connectivity index (χ1n) is 11.1. The molecule has 0 atom stereocenters. The quantitative estimate of drug-likeness (QED) is 0.556. The van der Waals surface area contributed by atoms with E-state index in [0.717, 1.165) is 17.7 Å². The summed E-state index contributed by atoms with van der Waals surface area (Å²) in [4.78, 5) is 28.4. The highest BCUT2D eigenvalue weighted by Gasteiger charge is 2.27. The first-order valence-corrected chi connectivity index (χ1v) is 12.1. The average Bonchev–Trinajstić information content (AvgIpc) is 3.25. The van der Waals surface area contributed by atoms with Crippen LogP contribution in [0, 0.1) is 11.7 Å². The summed E-state index contributed by atoms with van der Waals surface area (Å²) in [5.74, 6) is 0.00478. The molecule has 3 aromatic rings. The number of rotatable bonds is 5. The van der Waals surface area contributed by atoms with E-state index in [1.165, 1.54) is 34.0 Å². The second-order valence-corrected chi connectivity index (χ2v) is 9.52. The number of anilines is 1. The smallest absolute Gasteiger partial charge is 0.232 e. The van der Waals surface area contributed by atoms with Crippen molar-refractivity contribution in [2.24, 2.45) is 5.92 Å². The van der Waals surface area contributed by atoms with Gasteiger partial charge in [0.15, 0.2) is 0 Å². The second kappa shape index (κ2) is 8.94. The van der Waals surface area contributed by atoms with Gasteiger partial charge < -0.3 is 10.2 Å². The van der Waals surface area contributed by atoms with Crippen LogP contribution >= 0.6 is 11.8 Å². The number of benzene rings is 3. The second-order valence-electron chi connectivity index (χ2n) is 8.50. The standard InChI is InChI=1S/C26H25FN2O2S/c27-20-7-9-21(10-8-20)28-26(31)19-12-14-29(15-13-19)24(30)16-32-23-11-6-18-5-4-17-2-1-3-22(23)25(17)18/h1-3,6-11,19H,4-5,12-16H2,(H,28,31). The molecule has 32 heavy (non-hydrogen) atoms. The topological polar surface area (TPSA) is 49.4 Å². The molecule has 2 amide bonds. The average molecular weight is 449 g/mol. The Morgan fingerprint density at radius 2 is 1.69 bits per heavy atom. The molecule has 1 aliphatic heterocycles. The Morgan fingerprint density at radius 1 is 0.969 bits per heavy atom. The number of hydrogen-bond donors (Lipinski definition) is 1. The SMILES string of the molecule is O=C(Nc1ccc(F)cc1)C1CCN(C(=O)CSc2ccc3c4c(cccc24)CC3)CC1. The van der Waals surface area contributed by atoms with Crippen LogP contribution in [0.25, 0.3) is 10.8 Å². The molecule has 0 bridgehead atoms. The fourth-order valence-electron chi connectivity index (χ4n) is 4.75. The molecule has 1 saturated heterocycles. The van der Waals surface area contributed by atoms with E-state index in [0.29, 0.717) is 37.4 Å². The molecule has 6 heteroatoms. The van der Waals surface area contributed by atoms with Crippen molar-refractivity contribution >= 4 is 40.0 Å². The Kier molecular flexibility index (Phi) is 5.87. The van der Waals surface area contributed by atoms with E-state index in [1.807, 2.05) is 4.90 Å². The first kappa shape index (κ1) is 21.0. The van der Waals surface area contributed by atoms with E-state index in [4.69, 9.17) is 0 Å². The molecular weight excluding hydrogens is 423 g/mol. The molecule has 0 unspecified atom stereocenters. The third-order valence-corrected chi connectivity index (χ3v) is 7.58. The monoisotopic (exact) mass is 448 g/mol. The van der Waals surface area contributed by atoms with Crippen LogP contribution in [0.3, 0.4) is 0 Å². The summed E-state index contributed by atoms with van der Waals surface area (Å²) in [7, 11) is 0. The van der Waals surface area contributed by atoms with Crippen molar-refractivity contribution in [3.63, 3.8) is 0 Å². The van der Waals surface area contributed by atoms with Crippen molar-refractivity contribution in [1.82, 2.24) is 4.90 Å². The molecule has 3 aromatic carbocycles. The zero-order valence-corrected chi connectivity index (χ0v) is 18.6. The minimum atomic E-state index is -0.329. The largest absolute Gasteiger partial charge is 0.342 e. The number of amides is 2. The summed E-state index contributed by atoms with van der Waals surface area (Å²) >= 11 is 1.61. The van der Waals surface area contributed by atoms with E-state index in [-0.39, 0.29) is 23.5 Å². The molecular formula is C26H25FN2O2S. The summed E-state index contributed by atoms with van der Waals surface area (Å²) in [5.41, 5.74) is 3.41. The summed E-state index contributed by atoms with van der Waals surface area (Å²) in [6, 6.07) is 16.6. The highest BCUT2D eigenvalue weighted by atomic mass is 32.2. The number of likely N-dealkylation sites (tertiary alicyclic amines) is 1. The zero-order valence-electron chi connectivity index (χ0n) is 17.8. The van der Waals surface area contributed by atoms with Crippen molar-refractivity contribution in [2.75, 3.05) is 24.2 Å². The number of thioether (sulfide) groups is 1. The number of aryl methyl sites for hydroxylation is 2. The minimum absolute atomic E-state index is 0.0639. The van der Waals surface area contributed by atoms with E-state index in [2.05, 4.69) is 35.6 Å². The summed E-state index contributed by atoms with van der Waals surface area (Å²) in [6.45, 7) is 1.18. The van der Waals surface area contributed by atoms with Gasteiger partial charge in [-0.05, 0) is 77.9 Å². The number of hydrogen-bond acceptors (Lipinski definition) is 3. The maximum absolute atomic E-state index is 13.0. The van der Waals surface area contributed by atoms with Gasteiger partial charge in [-0.3, -0.25) is 9.59 Å². The minimum Gasteiger partial charge on any atom is -0.342 e. The van der Waals surface area contributed by atoms with E-state index >= 15 is 0 Å². The highest BCUT2D eigenvalue weighted by Crippen LogP contribution is 2.36. The number of nitrogens with zero attached hydrogens (tertiary/aromatic N) is 1. The van der Waals surface area contributed by atoms with Crippen LogP contribution in [-0.2, 0) is 22.4 Å². The van der Waals surface area contributed by atoms with Gasteiger partial charge in [-0.15, -0.1) is 11.8 Å². The molecule has 0 saturated carbocycles. The number of nitrogens with one attached hydrogen (secondary N) is 1. The molecule has 4 nitrogen and oxygen atoms in total. The lowest BCUT2D eigenvalue weighted by Crippen LogP contribution is -2.42. The van der Waals surface area contributed by atoms with Crippen molar-refractivity contribution in [3.05, 3.63) is 71.5 Å². The normalized spacial score (nSPS) is 15.8. The molecule has 2 aliphatic rings. The third kappa shape index (κ3) is 4.24. The van der Waals surface area contributed by atoms with Crippen LogP contribution < -0.4 is 5.32 Å². The number of carbonyl (C=O) groups is 2. The molecule has 1 heterocycles. The fourth-order valence-corrected chi connectivity index (χ4v) is 5.70. The van der Waals surface area contributed by atoms with Crippen LogP contribution in [0.2, 0.25) is 0 Å². The van der Waals surface area contributed by atoms with Crippen molar-refractivity contribution in [2.45, 2.75) is 30.6 Å². The predicted octanol–water partition coefficient (Wildman–Crippen LogP) is 5.05. The molecule has 1 N–H and O–H groups in total. The molecule has 0 aromatic heterocycles. The maximum atomic E-state index is 13.0. The molecule has 1 fully saturated rings. The first-order chi connectivity index (χ1) is 15.6. The number of piperidine rings is 1. The molecule has 1 aliphatic carbocycles. The third-order valence-electron chi connectivity index (χ3n) is 6.52. The van der Waals surface area contributed by atoms with Crippen molar-refractivity contribution in [1.29, 1.82) is 0 Å². The highest BCUT2D eigenvalue weighted by molar-refractivity contribution is 8.00. The number of carbonyl (C=O) groups excluding carboxylic acids is 2. The van der Waals surface area contributed by atoms with E-state index in [1.54, 1.807) is 23.9 Å². The van der Waals surface area contributed by atoms with Crippen LogP contribution in [0.5, 0.6) is 0 Å². The Labute approximate surface area is 191 Å². The Hall–Kier alpha value is -2.86. The zero-order chi connectivity index (χ0) is 22.1. The van der Waals surface area contributed by atoms with Crippen LogP contribution in [-0.4, -0.2) is 35.6 Å². The van der Waals surface area contributed by atoms with E-state index < -0.39 is 0 Å². The Bertz CT molecular complexity index is 1160.